The molecule has 0 saturated heterocycles. The van der Waals surface area contributed by atoms with Gasteiger partial charge in [-0.2, -0.15) is 4.99 Å². The van der Waals surface area contributed by atoms with Gasteiger partial charge in [-0.25, -0.2) is 4.79 Å². The minimum absolute atomic E-state index is 0.0301. The van der Waals surface area contributed by atoms with Crippen LogP contribution in [-0.2, 0) is 0 Å². The molecule has 1 aliphatic heterocycles. The Hall–Kier alpha value is -1.06. The molecule has 15 heavy (non-hydrogen) atoms. The van der Waals surface area contributed by atoms with Crippen molar-refractivity contribution >= 4 is 11.9 Å². The molecule has 4 nitrogen and oxygen atoms in total. The molecule has 1 aliphatic rings. The maximum Gasteiger partial charge on any atom is 0.346 e. The quantitative estimate of drug-likeness (QED) is 0.759. The van der Waals surface area contributed by atoms with Crippen LogP contribution in [-0.4, -0.2) is 28.9 Å². The maximum absolute atomic E-state index is 11.6. The van der Waals surface area contributed by atoms with Gasteiger partial charge in [-0.1, -0.05) is 20.8 Å². The lowest BCUT2D eigenvalue weighted by Gasteiger charge is -2.32. The summed E-state index contributed by atoms with van der Waals surface area (Å²) in [5, 5.41) is 0. The Bertz CT molecular complexity index is 289. The molecular formula is C11H21N3O. The Balaban J connectivity index is 2.85. The molecule has 0 aromatic rings. The summed E-state index contributed by atoms with van der Waals surface area (Å²) in [4.78, 5) is 17.2. The van der Waals surface area contributed by atoms with Crippen molar-refractivity contribution in [1.82, 2.24) is 4.90 Å². The molecular weight excluding hydrogens is 190 g/mol. The Morgan fingerprint density at radius 2 is 2.00 bits per heavy atom. The molecule has 1 heterocycles. The Labute approximate surface area is 91.5 Å². The normalized spacial score (nSPS) is 22.5. The van der Waals surface area contributed by atoms with Crippen molar-refractivity contribution in [2.24, 2.45) is 16.1 Å². The third kappa shape index (κ3) is 2.70. The number of nitrogens with zero attached hydrogens (tertiary/aromatic N) is 2. The van der Waals surface area contributed by atoms with Crippen molar-refractivity contribution in [3.05, 3.63) is 0 Å². The third-order valence-electron chi connectivity index (χ3n) is 2.48. The number of urea groups is 1. The summed E-state index contributed by atoms with van der Waals surface area (Å²) in [6, 6.07) is -0.0797. The Morgan fingerprint density at radius 3 is 2.40 bits per heavy atom. The SMILES string of the molecule is CC(C)N1C(=O)N=C(N)C1CC(C)(C)C. The van der Waals surface area contributed by atoms with Gasteiger partial charge in [-0.15, -0.1) is 0 Å². The van der Waals surface area contributed by atoms with Gasteiger partial charge in [-0.05, 0) is 25.7 Å². The molecule has 0 bridgehead atoms. The van der Waals surface area contributed by atoms with Crippen molar-refractivity contribution in [3.8, 4) is 0 Å². The van der Waals surface area contributed by atoms with E-state index in [0.717, 1.165) is 6.42 Å². The second kappa shape index (κ2) is 3.83. The predicted molar refractivity (Wildman–Crippen MR) is 61.9 cm³/mol. The fourth-order valence-corrected chi connectivity index (χ4v) is 1.88. The van der Waals surface area contributed by atoms with E-state index >= 15 is 0 Å². The molecule has 0 saturated carbocycles. The largest absolute Gasteiger partial charge is 0.385 e. The summed E-state index contributed by atoms with van der Waals surface area (Å²) in [7, 11) is 0. The fraction of sp³-hybridized carbons (Fsp3) is 0.818. The average molecular weight is 211 g/mol. The summed E-state index contributed by atoms with van der Waals surface area (Å²) in [6.07, 6.45) is 0.853. The van der Waals surface area contributed by atoms with E-state index in [4.69, 9.17) is 5.73 Å². The van der Waals surface area contributed by atoms with Crippen molar-refractivity contribution in [2.45, 2.75) is 53.1 Å². The van der Waals surface area contributed by atoms with Gasteiger partial charge in [0, 0.05) is 6.04 Å². The van der Waals surface area contributed by atoms with Crippen LogP contribution in [0.4, 0.5) is 4.79 Å². The third-order valence-corrected chi connectivity index (χ3v) is 2.48. The number of hydrogen-bond acceptors (Lipinski definition) is 2. The highest BCUT2D eigenvalue weighted by atomic mass is 16.2. The first-order valence-electron chi connectivity index (χ1n) is 5.39. The standard InChI is InChI=1S/C11H21N3O/c1-7(2)14-8(6-11(3,4)5)9(12)13-10(14)15/h7-8H,6H2,1-5H3,(H2,12,13,15). The van der Waals surface area contributed by atoms with Gasteiger partial charge < -0.3 is 10.6 Å². The van der Waals surface area contributed by atoms with Gasteiger partial charge in [0.05, 0.1) is 6.04 Å². The van der Waals surface area contributed by atoms with E-state index in [1.165, 1.54) is 0 Å². The number of rotatable bonds is 2. The molecule has 86 valence electrons. The first-order valence-corrected chi connectivity index (χ1v) is 5.39. The van der Waals surface area contributed by atoms with Crippen LogP contribution in [0.1, 0.15) is 41.0 Å². The molecule has 0 radical (unpaired) electrons. The van der Waals surface area contributed by atoms with E-state index in [9.17, 15) is 4.79 Å². The molecule has 0 aromatic carbocycles. The molecule has 4 heteroatoms. The highest BCUT2D eigenvalue weighted by Gasteiger charge is 2.37. The highest BCUT2D eigenvalue weighted by molar-refractivity contribution is 6.02. The van der Waals surface area contributed by atoms with E-state index in [2.05, 4.69) is 25.8 Å². The van der Waals surface area contributed by atoms with Crippen LogP contribution in [0.15, 0.2) is 4.99 Å². The molecule has 0 aliphatic carbocycles. The van der Waals surface area contributed by atoms with Crippen molar-refractivity contribution in [1.29, 1.82) is 0 Å². The first kappa shape index (κ1) is 12.0. The number of amidine groups is 1. The minimum Gasteiger partial charge on any atom is -0.385 e. The summed E-state index contributed by atoms with van der Waals surface area (Å²) >= 11 is 0. The number of amides is 2. The number of nitrogens with two attached hydrogens (primary N) is 1. The molecule has 0 aromatic heterocycles. The first-order chi connectivity index (χ1) is 6.72. The molecule has 1 unspecified atom stereocenters. The van der Waals surface area contributed by atoms with Crippen LogP contribution in [0, 0.1) is 5.41 Å². The predicted octanol–water partition coefficient (Wildman–Crippen LogP) is 1.99. The van der Waals surface area contributed by atoms with Gasteiger partial charge in [-0.3, -0.25) is 0 Å². The lowest BCUT2D eigenvalue weighted by Crippen LogP contribution is -2.46. The summed E-state index contributed by atoms with van der Waals surface area (Å²) in [5.41, 5.74) is 5.93. The summed E-state index contributed by atoms with van der Waals surface area (Å²) in [6.45, 7) is 10.4. The van der Waals surface area contributed by atoms with Crippen molar-refractivity contribution < 1.29 is 4.79 Å². The Kier molecular flexibility index (Phi) is 3.07. The maximum atomic E-state index is 11.6. The topological polar surface area (TPSA) is 58.7 Å². The number of carbonyl (C=O) groups is 1. The van der Waals surface area contributed by atoms with E-state index in [1.54, 1.807) is 4.90 Å². The summed E-state index contributed by atoms with van der Waals surface area (Å²) < 4.78 is 0. The van der Waals surface area contributed by atoms with Crippen LogP contribution < -0.4 is 5.73 Å². The molecule has 1 rings (SSSR count). The molecule has 0 fully saturated rings. The van der Waals surface area contributed by atoms with Crippen LogP contribution in [0.2, 0.25) is 0 Å². The van der Waals surface area contributed by atoms with Crippen molar-refractivity contribution in [3.63, 3.8) is 0 Å². The number of hydrogen-bond donors (Lipinski definition) is 1. The van der Waals surface area contributed by atoms with Gasteiger partial charge >= 0.3 is 6.03 Å². The molecule has 2 N–H and O–H groups in total. The zero-order valence-electron chi connectivity index (χ0n) is 10.2. The van der Waals surface area contributed by atoms with E-state index in [1.807, 2.05) is 13.8 Å². The molecule has 2 amide bonds. The Morgan fingerprint density at radius 1 is 1.47 bits per heavy atom. The minimum atomic E-state index is -0.197. The zero-order chi connectivity index (χ0) is 11.8. The van der Waals surface area contributed by atoms with Gasteiger partial charge in [0.2, 0.25) is 0 Å². The van der Waals surface area contributed by atoms with Gasteiger partial charge in [0.25, 0.3) is 0 Å². The number of carbonyl (C=O) groups excluding carboxylic acids is 1. The van der Waals surface area contributed by atoms with E-state index in [0.29, 0.717) is 5.84 Å². The zero-order valence-corrected chi connectivity index (χ0v) is 10.2. The molecule has 1 atom stereocenters. The lowest BCUT2D eigenvalue weighted by molar-refractivity contribution is 0.172. The number of aliphatic imine (C=N–C) groups is 1. The van der Waals surface area contributed by atoms with Gasteiger partial charge in [0.15, 0.2) is 0 Å². The second-order valence-electron chi connectivity index (χ2n) is 5.60. The lowest BCUT2D eigenvalue weighted by atomic mass is 9.87. The monoisotopic (exact) mass is 211 g/mol. The molecule has 0 spiro atoms. The van der Waals surface area contributed by atoms with E-state index in [-0.39, 0.29) is 23.5 Å². The fourth-order valence-electron chi connectivity index (χ4n) is 1.88. The van der Waals surface area contributed by atoms with Crippen LogP contribution in [0.3, 0.4) is 0 Å². The van der Waals surface area contributed by atoms with E-state index < -0.39 is 0 Å². The van der Waals surface area contributed by atoms with Crippen LogP contribution in [0.5, 0.6) is 0 Å². The van der Waals surface area contributed by atoms with Crippen molar-refractivity contribution in [2.75, 3.05) is 0 Å². The second-order valence-corrected chi connectivity index (χ2v) is 5.60. The highest BCUT2D eigenvalue weighted by Crippen LogP contribution is 2.27. The summed E-state index contributed by atoms with van der Waals surface area (Å²) in [5.74, 6) is 0.462. The van der Waals surface area contributed by atoms with Crippen LogP contribution in [0.25, 0.3) is 0 Å². The van der Waals surface area contributed by atoms with Gasteiger partial charge in [0.1, 0.15) is 5.84 Å². The average Bonchev–Trinajstić information content (AvgIpc) is 2.23. The smallest absolute Gasteiger partial charge is 0.346 e. The van der Waals surface area contributed by atoms with Crippen LogP contribution >= 0.6 is 0 Å².